The molecule has 2 atom stereocenters. The molecule has 174 valence electrons. The number of carbonyl (C=O) groups is 1. The van der Waals surface area contributed by atoms with Crippen LogP contribution in [0.3, 0.4) is 0 Å². The minimum absolute atomic E-state index is 0.211. The summed E-state index contributed by atoms with van der Waals surface area (Å²) in [7, 11) is 0. The van der Waals surface area contributed by atoms with Crippen LogP contribution in [0.5, 0.6) is 0 Å². The Morgan fingerprint density at radius 2 is 1.63 bits per heavy atom. The zero-order chi connectivity index (χ0) is 21.9. The van der Waals surface area contributed by atoms with Gasteiger partial charge in [-0.2, -0.15) is 0 Å². The van der Waals surface area contributed by atoms with E-state index in [2.05, 4.69) is 20.4 Å². The van der Waals surface area contributed by atoms with E-state index in [-0.39, 0.29) is 12.6 Å². The van der Waals surface area contributed by atoms with E-state index < -0.39 is 0 Å². The summed E-state index contributed by atoms with van der Waals surface area (Å²) in [5, 5.41) is 9.43. The predicted octanol–water partition coefficient (Wildman–Crippen LogP) is 6.93. The van der Waals surface area contributed by atoms with Gasteiger partial charge >= 0.3 is 5.97 Å². The molecule has 0 radical (unpaired) electrons. The van der Waals surface area contributed by atoms with Crippen LogP contribution >= 0.6 is 0 Å². The van der Waals surface area contributed by atoms with Crippen molar-refractivity contribution in [3.63, 3.8) is 0 Å². The molecular weight excluding hydrogens is 372 g/mol. The normalized spacial score (nSPS) is 29.2. The highest BCUT2D eigenvalue weighted by Crippen LogP contribution is 2.45. The van der Waals surface area contributed by atoms with E-state index in [0.29, 0.717) is 29.9 Å². The van der Waals surface area contributed by atoms with Crippen LogP contribution in [0.4, 0.5) is 0 Å². The Balaban J connectivity index is 1.79. The van der Waals surface area contributed by atoms with E-state index in [1.54, 1.807) is 6.92 Å². The van der Waals surface area contributed by atoms with Crippen LogP contribution in [-0.4, -0.2) is 24.3 Å². The van der Waals surface area contributed by atoms with Gasteiger partial charge in [-0.15, -0.1) is 0 Å². The van der Waals surface area contributed by atoms with Gasteiger partial charge in [-0.05, 0) is 87.4 Å². The fraction of sp³-hybridized carbons (Fsp3) is 0.889. The molecule has 2 saturated carbocycles. The van der Waals surface area contributed by atoms with E-state index in [4.69, 9.17) is 4.74 Å². The Morgan fingerprint density at radius 1 is 1.03 bits per heavy atom. The van der Waals surface area contributed by atoms with Crippen molar-refractivity contribution in [3.05, 3.63) is 12.2 Å². The average Bonchev–Trinajstić information content (AvgIpc) is 2.75. The monoisotopic (exact) mass is 420 g/mol. The van der Waals surface area contributed by atoms with Crippen LogP contribution in [0.1, 0.15) is 104 Å². The Labute approximate surface area is 186 Å². The molecule has 0 bridgehead atoms. The fourth-order valence-corrected chi connectivity index (χ4v) is 6.15. The van der Waals surface area contributed by atoms with Gasteiger partial charge < -0.3 is 9.84 Å². The van der Waals surface area contributed by atoms with Gasteiger partial charge in [0.2, 0.25) is 0 Å². The highest BCUT2D eigenvalue weighted by atomic mass is 16.5. The standard InChI is InChI=1S/C27H48O3/c1-5-6-7-8-22-9-11-23(12-10-22)24-13-15-25(16-14-24)26(21(4)17-18-28)19-30-27(29)20(2)3/h21-26,28H,2,5-19H2,1,3-4H3. The van der Waals surface area contributed by atoms with Crippen molar-refractivity contribution in [2.24, 2.45) is 35.5 Å². The number of ether oxygens (including phenoxy) is 1. The van der Waals surface area contributed by atoms with Gasteiger partial charge in [0.05, 0.1) is 6.61 Å². The topological polar surface area (TPSA) is 46.5 Å². The van der Waals surface area contributed by atoms with Gasteiger partial charge in [-0.3, -0.25) is 0 Å². The van der Waals surface area contributed by atoms with E-state index in [9.17, 15) is 9.90 Å². The average molecular weight is 421 g/mol. The van der Waals surface area contributed by atoms with Crippen molar-refractivity contribution in [1.29, 1.82) is 0 Å². The SMILES string of the molecule is C=C(C)C(=O)OCC(C(C)CCO)C1CCC(C2CCC(CCCCC)CC2)CC1. The first-order chi connectivity index (χ1) is 14.5. The van der Waals surface area contributed by atoms with E-state index >= 15 is 0 Å². The summed E-state index contributed by atoms with van der Waals surface area (Å²) in [6, 6.07) is 0. The number of unbranched alkanes of at least 4 members (excludes halogenated alkanes) is 2. The second-order valence-corrected chi connectivity index (χ2v) is 10.5. The molecule has 2 aliphatic carbocycles. The molecule has 0 spiro atoms. The molecule has 0 aliphatic heterocycles. The third-order valence-electron chi connectivity index (χ3n) is 8.27. The molecule has 2 unspecified atom stereocenters. The third kappa shape index (κ3) is 8.02. The maximum atomic E-state index is 11.9. The summed E-state index contributed by atoms with van der Waals surface area (Å²) >= 11 is 0. The van der Waals surface area contributed by atoms with Crippen LogP contribution in [0, 0.1) is 35.5 Å². The lowest BCUT2D eigenvalue weighted by Crippen LogP contribution is -2.33. The summed E-state index contributed by atoms with van der Waals surface area (Å²) in [6.07, 6.45) is 17.4. The Kier molecular flexibility index (Phi) is 11.5. The van der Waals surface area contributed by atoms with Crippen molar-refractivity contribution in [3.8, 4) is 0 Å². The van der Waals surface area contributed by atoms with Crippen molar-refractivity contribution in [1.82, 2.24) is 0 Å². The number of hydrogen-bond donors (Lipinski definition) is 1. The summed E-state index contributed by atoms with van der Waals surface area (Å²) in [6.45, 7) is 10.6. The minimum Gasteiger partial charge on any atom is -0.462 e. The van der Waals surface area contributed by atoms with Gasteiger partial charge in [0, 0.05) is 12.2 Å². The van der Waals surface area contributed by atoms with Gasteiger partial charge in [0.15, 0.2) is 0 Å². The smallest absolute Gasteiger partial charge is 0.333 e. The van der Waals surface area contributed by atoms with Gasteiger partial charge in [-0.1, -0.05) is 59.0 Å². The third-order valence-corrected chi connectivity index (χ3v) is 8.27. The summed E-state index contributed by atoms with van der Waals surface area (Å²) in [5.41, 5.74) is 0.470. The molecule has 0 aromatic heterocycles. The second kappa shape index (κ2) is 13.6. The molecule has 2 fully saturated rings. The van der Waals surface area contributed by atoms with Crippen LogP contribution in [0.25, 0.3) is 0 Å². The van der Waals surface area contributed by atoms with E-state index in [1.807, 2.05) is 0 Å². The number of aliphatic hydroxyl groups is 1. The van der Waals surface area contributed by atoms with Crippen LogP contribution in [0.2, 0.25) is 0 Å². The number of hydrogen-bond acceptors (Lipinski definition) is 3. The molecule has 30 heavy (non-hydrogen) atoms. The molecule has 2 aliphatic rings. The Morgan fingerprint density at radius 3 is 2.17 bits per heavy atom. The lowest BCUT2D eigenvalue weighted by molar-refractivity contribution is -0.141. The number of rotatable bonds is 12. The first-order valence-electron chi connectivity index (χ1n) is 12.9. The highest BCUT2D eigenvalue weighted by molar-refractivity contribution is 5.86. The van der Waals surface area contributed by atoms with Crippen molar-refractivity contribution < 1.29 is 14.6 Å². The molecular formula is C27H48O3. The second-order valence-electron chi connectivity index (χ2n) is 10.5. The molecule has 2 rings (SSSR count). The lowest BCUT2D eigenvalue weighted by atomic mass is 9.65. The van der Waals surface area contributed by atoms with E-state index in [0.717, 1.165) is 24.2 Å². The zero-order valence-electron chi connectivity index (χ0n) is 20.0. The fourth-order valence-electron chi connectivity index (χ4n) is 6.15. The molecule has 0 aromatic carbocycles. The summed E-state index contributed by atoms with van der Waals surface area (Å²) in [4.78, 5) is 11.9. The largest absolute Gasteiger partial charge is 0.462 e. The zero-order valence-corrected chi connectivity index (χ0v) is 20.0. The highest BCUT2D eigenvalue weighted by Gasteiger charge is 2.35. The van der Waals surface area contributed by atoms with Gasteiger partial charge in [0.1, 0.15) is 0 Å². The molecule has 1 N–H and O–H groups in total. The molecule has 0 amide bonds. The molecule has 3 nitrogen and oxygen atoms in total. The molecule has 0 heterocycles. The van der Waals surface area contributed by atoms with Crippen molar-refractivity contribution in [2.45, 2.75) is 104 Å². The first-order valence-corrected chi connectivity index (χ1v) is 12.9. The summed E-state index contributed by atoms with van der Waals surface area (Å²) in [5.74, 6) is 3.93. The molecule has 0 aromatic rings. The number of esters is 1. The van der Waals surface area contributed by atoms with E-state index in [1.165, 1.54) is 77.0 Å². The summed E-state index contributed by atoms with van der Waals surface area (Å²) < 4.78 is 5.56. The predicted molar refractivity (Wildman–Crippen MR) is 125 cm³/mol. The number of aliphatic hydroxyl groups excluding tert-OH is 1. The Bertz CT molecular complexity index is 498. The first kappa shape index (κ1) is 25.4. The van der Waals surface area contributed by atoms with Crippen LogP contribution in [-0.2, 0) is 9.53 Å². The maximum Gasteiger partial charge on any atom is 0.333 e. The maximum absolute atomic E-state index is 11.9. The molecule has 3 heteroatoms. The van der Waals surface area contributed by atoms with Crippen LogP contribution in [0.15, 0.2) is 12.2 Å². The van der Waals surface area contributed by atoms with Crippen molar-refractivity contribution >= 4 is 5.97 Å². The van der Waals surface area contributed by atoms with Gasteiger partial charge in [-0.25, -0.2) is 4.79 Å². The van der Waals surface area contributed by atoms with Crippen molar-refractivity contribution in [2.75, 3.05) is 13.2 Å². The van der Waals surface area contributed by atoms with Gasteiger partial charge in [0.25, 0.3) is 0 Å². The minimum atomic E-state index is -0.277. The quantitative estimate of drug-likeness (QED) is 0.211. The Hall–Kier alpha value is -0.830. The number of carbonyl (C=O) groups excluding carboxylic acids is 1. The molecule has 0 saturated heterocycles. The lowest BCUT2D eigenvalue weighted by Gasteiger charge is -2.41. The van der Waals surface area contributed by atoms with Crippen LogP contribution < -0.4 is 0 Å².